The van der Waals surface area contributed by atoms with Crippen LogP contribution >= 0.6 is 0 Å². The monoisotopic (exact) mass is 466 g/mol. The SMILES string of the molecule is O=C1CC2(CCN(C(=O)c3cc(-c4ccccc4)nc(-c4nn[nH]n4)c3)CC2)Oc2ccccc21. The Bertz CT molecular complexity index is 1400. The molecule has 1 saturated heterocycles. The van der Waals surface area contributed by atoms with E-state index in [2.05, 4.69) is 25.6 Å². The highest BCUT2D eigenvalue weighted by atomic mass is 16.5. The number of benzene rings is 2. The number of aromatic amines is 1. The van der Waals surface area contributed by atoms with Crippen molar-refractivity contribution in [3.63, 3.8) is 0 Å². The van der Waals surface area contributed by atoms with Crippen LogP contribution in [0.25, 0.3) is 22.8 Å². The number of ketones is 1. The lowest BCUT2D eigenvalue weighted by Gasteiger charge is -2.44. The molecule has 0 radical (unpaired) electrons. The van der Waals surface area contributed by atoms with Crippen LogP contribution in [0.2, 0.25) is 0 Å². The van der Waals surface area contributed by atoms with E-state index in [4.69, 9.17) is 4.74 Å². The van der Waals surface area contributed by atoms with Gasteiger partial charge in [0.1, 0.15) is 17.0 Å². The molecule has 0 aliphatic carbocycles. The number of fused-ring (bicyclic) bond motifs is 1. The number of hydrogen-bond donors (Lipinski definition) is 1. The number of tetrazole rings is 1. The van der Waals surface area contributed by atoms with E-state index in [9.17, 15) is 9.59 Å². The molecule has 9 heteroatoms. The molecule has 0 atom stereocenters. The molecule has 1 N–H and O–H groups in total. The Balaban J connectivity index is 1.26. The van der Waals surface area contributed by atoms with E-state index in [1.807, 2.05) is 53.4 Å². The number of aromatic nitrogens is 5. The first-order valence-electron chi connectivity index (χ1n) is 11.5. The van der Waals surface area contributed by atoms with Gasteiger partial charge in [-0.2, -0.15) is 5.21 Å². The lowest BCUT2D eigenvalue weighted by Crippen LogP contribution is -2.52. The van der Waals surface area contributed by atoms with Crippen LogP contribution < -0.4 is 4.74 Å². The highest BCUT2D eigenvalue weighted by Crippen LogP contribution is 2.39. The molecule has 2 aromatic heterocycles. The molecule has 2 aromatic carbocycles. The molecule has 0 saturated carbocycles. The maximum atomic E-state index is 13.6. The van der Waals surface area contributed by atoms with E-state index in [1.54, 1.807) is 18.2 Å². The summed E-state index contributed by atoms with van der Waals surface area (Å²) >= 11 is 0. The van der Waals surface area contributed by atoms with E-state index in [1.165, 1.54) is 0 Å². The molecule has 9 nitrogen and oxygen atoms in total. The molecule has 1 spiro atoms. The fourth-order valence-corrected chi connectivity index (χ4v) is 4.82. The highest BCUT2D eigenvalue weighted by molar-refractivity contribution is 6.00. The zero-order valence-electron chi connectivity index (χ0n) is 18.8. The fraction of sp³-hybridized carbons (Fsp3) is 0.231. The normalized spacial score (nSPS) is 16.6. The van der Waals surface area contributed by atoms with E-state index in [0.29, 0.717) is 66.4 Å². The smallest absolute Gasteiger partial charge is 0.254 e. The van der Waals surface area contributed by atoms with Crippen molar-refractivity contribution in [2.45, 2.75) is 24.9 Å². The summed E-state index contributed by atoms with van der Waals surface area (Å²) in [7, 11) is 0. The summed E-state index contributed by atoms with van der Waals surface area (Å²) in [5.41, 5.74) is 2.58. The average Bonchev–Trinajstić information content (AvgIpc) is 3.44. The van der Waals surface area contributed by atoms with Crippen LogP contribution in [0, 0.1) is 0 Å². The summed E-state index contributed by atoms with van der Waals surface area (Å²) in [5.74, 6) is 0.946. The van der Waals surface area contributed by atoms with Gasteiger partial charge in [-0.15, -0.1) is 10.2 Å². The van der Waals surface area contributed by atoms with Crippen molar-refractivity contribution in [2.75, 3.05) is 13.1 Å². The second-order valence-electron chi connectivity index (χ2n) is 8.90. The van der Waals surface area contributed by atoms with Crippen molar-refractivity contribution in [1.29, 1.82) is 0 Å². The molecular formula is C26H22N6O3. The molecule has 1 amide bonds. The number of ether oxygens (including phenoxy) is 1. The second kappa shape index (κ2) is 8.43. The second-order valence-corrected chi connectivity index (χ2v) is 8.90. The molecule has 0 unspecified atom stereocenters. The van der Waals surface area contributed by atoms with Gasteiger partial charge in [0.2, 0.25) is 5.82 Å². The zero-order chi connectivity index (χ0) is 23.8. The maximum absolute atomic E-state index is 13.6. The molecule has 2 aliphatic heterocycles. The Labute approximate surface area is 201 Å². The van der Waals surface area contributed by atoms with E-state index >= 15 is 0 Å². The summed E-state index contributed by atoms with van der Waals surface area (Å²) in [6.07, 6.45) is 1.52. The summed E-state index contributed by atoms with van der Waals surface area (Å²) in [5, 5.41) is 14.1. The number of rotatable bonds is 3. The number of carbonyl (C=O) groups is 2. The number of H-pyrrole nitrogens is 1. The van der Waals surface area contributed by atoms with Crippen LogP contribution in [0.15, 0.2) is 66.7 Å². The van der Waals surface area contributed by atoms with Crippen molar-refractivity contribution < 1.29 is 14.3 Å². The van der Waals surface area contributed by atoms with Gasteiger partial charge in [-0.05, 0) is 29.5 Å². The van der Waals surface area contributed by atoms with Gasteiger partial charge in [0.15, 0.2) is 5.78 Å². The quantitative estimate of drug-likeness (QED) is 0.491. The van der Waals surface area contributed by atoms with Gasteiger partial charge in [-0.25, -0.2) is 4.98 Å². The van der Waals surface area contributed by atoms with Crippen LogP contribution in [0.1, 0.15) is 40.0 Å². The number of amides is 1. The number of Topliss-reactive ketones (excluding diaryl/α,β-unsaturated/α-hetero) is 1. The van der Waals surface area contributed by atoms with Gasteiger partial charge < -0.3 is 9.64 Å². The van der Waals surface area contributed by atoms with Gasteiger partial charge in [0.25, 0.3) is 5.91 Å². The molecule has 2 aliphatic rings. The molecule has 6 rings (SSSR count). The van der Waals surface area contributed by atoms with E-state index in [0.717, 1.165) is 5.56 Å². The summed E-state index contributed by atoms with van der Waals surface area (Å²) in [6, 6.07) is 20.5. The third kappa shape index (κ3) is 3.95. The van der Waals surface area contributed by atoms with Gasteiger partial charge >= 0.3 is 0 Å². The number of likely N-dealkylation sites (tertiary alicyclic amines) is 1. The minimum atomic E-state index is -0.564. The Morgan fingerprint density at radius 3 is 2.49 bits per heavy atom. The maximum Gasteiger partial charge on any atom is 0.254 e. The van der Waals surface area contributed by atoms with Crippen molar-refractivity contribution in [2.24, 2.45) is 0 Å². The van der Waals surface area contributed by atoms with Crippen LogP contribution in [-0.4, -0.2) is 60.9 Å². The third-order valence-corrected chi connectivity index (χ3v) is 6.67. The van der Waals surface area contributed by atoms with Gasteiger partial charge in [0, 0.05) is 37.1 Å². The van der Waals surface area contributed by atoms with Gasteiger partial charge in [-0.1, -0.05) is 42.5 Å². The predicted octanol–water partition coefficient (Wildman–Crippen LogP) is 3.57. The predicted molar refractivity (Wildman–Crippen MR) is 127 cm³/mol. The van der Waals surface area contributed by atoms with Crippen LogP contribution in [0.4, 0.5) is 0 Å². The molecule has 35 heavy (non-hydrogen) atoms. The summed E-state index contributed by atoms with van der Waals surface area (Å²) in [4.78, 5) is 32.8. The molecule has 174 valence electrons. The molecular weight excluding hydrogens is 444 g/mol. The van der Waals surface area contributed by atoms with Crippen molar-refractivity contribution in [3.05, 3.63) is 77.9 Å². The Kier molecular flexibility index (Phi) is 5.09. The van der Waals surface area contributed by atoms with E-state index in [-0.39, 0.29) is 11.7 Å². The zero-order valence-corrected chi connectivity index (χ0v) is 18.8. The number of para-hydroxylation sites is 1. The Morgan fingerprint density at radius 2 is 1.71 bits per heavy atom. The number of carbonyl (C=O) groups excluding carboxylic acids is 2. The fourth-order valence-electron chi connectivity index (χ4n) is 4.82. The van der Waals surface area contributed by atoms with Crippen molar-refractivity contribution in [3.8, 4) is 28.5 Å². The largest absolute Gasteiger partial charge is 0.486 e. The topological polar surface area (TPSA) is 114 Å². The molecule has 4 heterocycles. The highest BCUT2D eigenvalue weighted by Gasteiger charge is 2.43. The van der Waals surface area contributed by atoms with Crippen LogP contribution in [0.5, 0.6) is 5.75 Å². The number of hydrogen-bond acceptors (Lipinski definition) is 7. The average molecular weight is 467 g/mol. The molecule has 1 fully saturated rings. The molecule has 4 aromatic rings. The first-order valence-corrected chi connectivity index (χ1v) is 11.5. The van der Waals surface area contributed by atoms with Gasteiger partial charge in [0.05, 0.1) is 17.7 Å². The Hall–Kier alpha value is -4.40. The van der Waals surface area contributed by atoms with Crippen molar-refractivity contribution in [1.82, 2.24) is 30.5 Å². The van der Waals surface area contributed by atoms with Crippen LogP contribution in [-0.2, 0) is 0 Å². The number of nitrogens with zero attached hydrogens (tertiary/aromatic N) is 5. The lowest BCUT2D eigenvalue weighted by molar-refractivity contribution is -0.00570. The molecule has 0 bridgehead atoms. The first-order chi connectivity index (χ1) is 17.1. The number of nitrogens with one attached hydrogen (secondary N) is 1. The van der Waals surface area contributed by atoms with Gasteiger partial charge in [-0.3, -0.25) is 9.59 Å². The number of piperidine rings is 1. The first kappa shape index (κ1) is 21.2. The van der Waals surface area contributed by atoms with Crippen LogP contribution in [0.3, 0.4) is 0 Å². The summed E-state index contributed by atoms with van der Waals surface area (Å²) in [6.45, 7) is 0.990. The number of pyridine rings is 1. The van der Waals surface area contributed by atoms with Crippen molar-refractivity contribution >= 4 is 11.7 Å². The standard InChI is InChI=1S/C26H22N6O3/c33-22-16-26(35-23-9-5-4-8-19(22)23)10-12-32(13-11-26)25(34)18-14-20(17-6-2-1-3-7-17)27-21(15-18)24-28-30-31-29-24/h1-9,14-15H,10-13,16H2,(H,28,29,30,31). The van der Waals surface area contributed by atoms with E-state index < -0.39 is 5.60 Å². The Morgan fingerprint density at radius 1 is 0.971 bits per heavy atom. The minimum absolute atomic E-state index is 0.0954. The third-order valence-electron chi connectivity index (χ3n) is 6.67. The minimum Gasteiger partial charge on any atom is -0.486 e. The summed E-state index contributed by atoms with van der Waals surface area (Å²) < 4.78 is 6.31. The lowest BCUT2D eigenvalue weighted by atomic mass is 9.82.